The molecule has 3 saturated carbocycles. The van der Waals surface area contributed by atoms with Gasteiger partial charge in [0.1, 0.15) is 12.2 Å². The summed E-state index contributed by atoms with van der Waals surface area (Å²) in [4.78, 5) is 25.7. The first kappa shape index (κ1) is 21.2. The molecule has 0 amide bonds. The van der Waals surface area contributed by atoms with Gasteiger partial charge in [-0.1, -0.05) is 55.7 Å². The molecule has 168 valence electrons. The van der Waals surface area contributed by atoms with Crippen LogP contribution in [-0.2, 0) is 9.47 Å². The van der Waals surface area contributed by atoms with Crippen LogP contribution in [0.5, 0.6) is 0 Å². The SMILES string of the molecule is O=C(OC1CCC2C(CC3CCCCC32)CC1OC(=O)c1ccccc1)c1ccccc1. The molecule has 0 aromatic heterocycles. The molecule has 6 unspecified atom stereocenters. The predicted octanol–water partition coefficient (Wildman–Crippen LogP) is 6.06. The standard InChI is InChI=1S/C28H32O4/c29-27(19-9-3-1-4-10-19)31-25-16-15-24-22(17-21-13-7-8-14-23(21)24)18-26(25)32-28(30)20-11-5-2-6-12-20/h1-6,9-12,21-26H,7-8,13-18H2. The summed E-state index contributed by atoms with van der Waals surface area (Å²) in [5, 5.41) is 0. The number of fused-ring (bicyclic) bond motifs is 3. The molecule has 0 N–H and O–H groups in total. The van der Waals surface area contributed by atoms with Gasteiger partial charge in [0.15, 0.2) is 0 Å². The maximum atomic E-state index is 12.9. The molecule has 2 aromatic rings. The number of rotatable bonds is 4. The van der Waals surface area contributed by atoms with Crippen molar-refractivity contribution in [3.63, 3.8) is 0 Å². The summed E-state index contributed by atoms with van der Waals surface area (Å²) in [5.74, 6) is 2.18. The van der Waals surface area contributed by atoms with E-state index < -0.39 is 12.2 Å². The summed E-state index contributed by atoms with van der Waals surface area (Å²) < 4.78 is 12.0. The van der Waals surface area contributed by atoms with E-state index >= 15 is 0 Å². The van der Waals surface area contributed by atoms with Gasteiger partial charge in [0, 0.05) is 0 Å². The largest absolute Gasteiger partial charge is 0.455 e. The van der Waals surface area contributed by atoms with E-state index in [1.165, 1.54) is 32.1 Å². The van der Waals surface area contributed by atoms with E-state index in [9.17, 15) is 9.59 Å². The van der Waals surface area contributed by atoms with Crippen LogP contribution in [0.1, 0.15) is 72.1 Å². The zero-order chi connectivity index (χ0) is 21.9. The van der Waals surface area contributed by atoms with Gasteiger partial charge in [-0.3, -0.25) is 0 Å². The number of hydrogen-bond donors (Lipinski definition) is 0. The van der Waals surface area contributed by atoms with Crippen molar-refractivity contribution in [2.75, 3.05) is 0 Å². The summed E-state index contributed by atoms with van der Waals surface area (Å²) in [6.45, 7) is 0. The predicted molar refractivity (Wildman–Crippen MR) is 122 cm³/mol. The molecule has 3 aliphatic rings. The highest BCUT2D eigenvalue weighted by molar-refractivity contribution is 5.90. The summed E-state index contributed by atoms with van der Waals surface area (Å²) in [6, 6.07) is 18.2. The molecule has 0 aliphatic heterocycles. The molecule has 0 saturated heterocycles. The number of ether oxygens (including phenoxy) is 2. The average molecular weight is 433 g/mol. The summed E-state index contributed by atoms with van der Waals surface area (Å²) >= 11 is 0. The normalized spacial score (nSPS) is 31.6. The summed E-state index contributed by atoms with van der Waals surface area (Å²) in [5.41, 5.74) is 1.08. The van der Waals surface area contributed by atoms with Gasteiger partial charge in [0.25, 0.3) is 0 Å². The van der Waals surface area contributed by atoms with Gasteiger partial charge in [-0.05, 0) is 80.0 Å². The lowest BCUT2D eigenvalue weighted by atomic mass is 9.76. The maximum absolute atomic E-state index is 12.9. The second-order valence-corrected chi connectivity index (χ2v) is 9.80. The molecule has 2 aromatic carbocycles. The molecular formula is C28H32O4. The Balaban J connectivity index is 1.36. The molecule has 5 rings (SSSR count). The van der Waals surface area contributed by atoms with Gasteiger partial charge < -0.3 is 9.47 Å². The Hall–Kier alpha value is -2.62. The second-order valence-electron chi connectivity index (χ2n) is 9.80. The molecule has 4 heteroatoms. The van der Waals surface area contributed by atoms with Gasteiger partial charge in [-0.25, -0.2) is 9.59 Å². The van der Waals surface area contributed by atoms with Gasteiger partial charge in [-0.15, -0.1) is 0 Å². The maximum Gasteiger partial charge on any atom is 0.338 e. The van der Waals surface area contributed by atoms with Crippen LogP contribution in [0.4, 0.5) is 0 Å². The highest BCUT2D eigenvalue weighted by atomic mass is 16.6. The number of hydrogen-bond acceptors (Lipinski definition) is 4. The summed E-state index contributed by atoms with van der Waals surface area (Å²) in [7, 11) is 0. The van der Waals surface area contributed by atoms with Crippen LogP contribution in [0.15, 0.2) is 60.7 Å². The van der Waals surface area contributed by atoms with Crippen molar-refractivity contribution in [3.05, 3.63) is 71.8 Å². The molecule has 0 heterocycles. The highest BCUT2D eigenvalue weighted by Crippen LogP contribution is 2.54. The van der Waals surface area contributed by atoms with Crippen molar-refractivity contribution in [1.82, 2.24) is 0 Å². The molecular weight excluding hydrogens is 400 g/mol. The molecule has 0 radical (unpaired) electrons. The van der Waals surface area contributed by atoms with Crippen LogP contribution in [-0.4, -0.2) is 24.1 Å². The Kier molecular flexibility index (Phi) is 6.29. The minimum Gasteiger partial charge on any atom is -0.455 e. The van der Waals surface area contributed by atoms with E-state index in [1.807, 2.05) is 36.4 Å². The molecule has 3 aliphatic carbocycles. The van der Waals surface area contributed by atoms with E-state index in [2.05, 4.69) is 0 Å². The van der Waals surface area contributed by atoms with Crippen molar-refractivity contribution in [2.24, 2.45) is 23.7 Å². The van der Waals surface area contributed by atoms with Crippen molar-refractivity contribution in [3.8, 4) is 0 Å². The zero-order valence-electron chi connectivity index (χ0n) is 18.5. The van der Waals surface area contributed by atoms with Crippen LogP contribution in [0, 0.1) is 23.7 Å². The minimum absolute atomic E-state index is 0.328. The number of carbonyl (C=O) groups is 2. The Labute approximate surface area is 190 Å². The van der Waals surface area contributed by atoms with E-state index in [4.69, 9.17) is 9.47 Å². The first-order valence-corrected chi connectivity index (χ1v) is 12.2. The number of benzene rings is 2. The molecule has 32 heavy (non-hydrogen) atoms. The Morgan fingerprint density at radius 3 is 1.81 bits per heavy atom. The molecule has 0 spiro atoms. The number of esters is 2. The third-order valence-corrected chi connectivity index (χ3v) is 8.00. The van der Waals surface area contributed by atoms with Crippen molar-refractivity contribution in [1.29, 1.82) is 0 Å². The fourth-order valence-corrected chi connectivity index (χ4v) is 6.54. The van der Waals surface area contributed by atoms with Crippen LogP contribution >= 0.6 is 0 Å². The van der Waals surface area contributed by atoms with Crippen LogP contribution in [0.2, 0.25) is 0 Å². The molecule has 4 nitrogen and oxygen atoms in total. The first-order valence-electron chi connectivity index (χ1n) is 12.2. The van der Waals surface area contributed by atoms with Gasteiger partial charge >= 0.3 is 11.9 Å². The van der Waals surface area contributed by atoms with E-state index in [0.717, 1.165) is 31.1 Å². The monoisotopic (exact) mass is 432 g/mol. The number of carbonyl (C=O) groups excluding carboxylic acids is 2. The quantitative estimate of drug-likeness (QED) is 0.551. The van der Waals surface area contributed by atoms with Crippen LogP contribution in [0.3, 0.4) is 0 Å². The second kappa shape index (κ2) is 9.48. The van der Waals surface area contributed by atoms with Gasteiger partial charge in [-0.2, -0.15) is 0 Å². The Morgan fingerprint density at radius 2 is 1.16 bits per heavy atom. The fraction of sp³-hybridized carbons (Fsp3) is 0.500. The lowest BCUT2D eigenvalue weighted by Gasteiger charge is -2.30. The van der Waals surface area contributed by atoms with E-state index in [1.54, 1.807) is 24.3 Å². The third kappa shape index (κ3) is 4.46. The van der Waals surface area contributed by atoms with Crippen LogP contribution < -0.4 is 0 Å². The van der Waals surface area contributed by atoms with Gasteiger partial charge in [0.05, 0.1) is 11.1 Å². The average Bonchev–Trinajstić information content (AvgIpc) is 3.10. The molecule has 3 fully saturated rings. The lowest BCUT2D eigenvalue weighted by Crippen LogP contribution is -2.35. The Bertz CT molecular complexity index is 925. The van der Waals surface area contributed by atoms with Gasteiger partial charge in [0.2, 0.25) is 0 Å². The summed E-state index contributed by atoms with van der Waals surface area (Å²) in [6.07, 6.45) is 8.40. The Morgan fingerprint density at radius 1 is 0.594 bits per heavy atom. The fourth-order valence-electron chi connectivity index (χ4n) is 6.54. The topological polar surface area (TPSA) is 52.6 Å². The first-order chi connectivity index (χ1) is 15.7. The minimum atomic E-state index is -0.400. The van der Waals surface area contributed by atoms with Crippen molar-refractivity contribution < 1.29 is 19.1 Å². The third-order valence-electron chi connectivity index (χ3n) is 8.00. The van der Waals surface area contributed by atoms with Crippen molar-refractivity contribution >= 4 is 11.9 Å². The molecule has 6 atom stereocenters. The van der Waals surface area contributed by atoms with E-state index in [0.29, 0.717) is 23.0 Å². The van der Waals surface area contributed by atoms with Crippen molar-refractivity contribution in [2.45, 2.75) is 63.6 Å². The smallest absolute Gasteiger partial charge is 0.338 e. The zero-order valence-corrected chi connectivity index (χ0v) is 18.5. The lowest BCUT2D eigenvalue weighted by molar-refractivity contribution is -0.0411. The van der Waals surface area contributed by atoms with E-state index in [-0.39, 0.29) is 11.9 Å². The van der Waals surface area contributed by atoms with Crippen LogP contribution in [0.25, 0.3) is 0 Å². The molecule has 0 bridgehead atoms. The highest BCUT2D eigenvalue weighted by Gasteiger charge is 2.48.